The van der Waals surface area contributed by atoms with Crippen LogP contribution in [0.1, 0.15) is 37.6 Å². The molecule has 1 aromatic heterocycles. The number of hydrogen-bond donors (Lipinski definition) is 1. The van der Waals surface area contributed by atoms with Gasteiger partial charge in [-0.05, 0) is 24.8 Å². The molecule has 0 amide bonds. The Morgan fingerprint density at radius 3 is 2.87 bits per heavy atom. The Balaban J connectivity index is 2.43. The molecule has 1 heterocycles. The van der Waals surface area contributed by atoms with E-state index in [0.29, 0.717) is 12.1 Å². The zero-order chi connectivity index (χ0) is 11.1. The van der Waals surface area contributed by atoms with Crippen LogP contribution >= 0.6 is 11.3 Å². The fourth-order valence-electron chi connectivity index (χ4n) is 1.74. The molecule has 3 heteroatoms. The van der Waals surface area contributed by atoms with Crippen molar-refractivity contribution in [1.82, 2.24) is 5.32 Å². The van der Waals surface area contributed by atoms with Crippen LogP contribution in [0.4, 0.5) is 0 Å². The summed E-state index contributed by atoms with van der Waals surface area (Å²) in [5.41, 5.74) is 0. The molecule has 1 rings (SSSR count). The highest BCUT2D eigenvalue weighted by Gasteiger charge is 2.12. The standard InChI is InChI=1S/C12H21NOS/c1-4-6-11(9-14-3)13-10(2)12-7-5-8-15-12/h5,7-8,10-11,13H,4,6,9H2,1-3H3. The van der Waals surface area contributed by atoms with Crippen molar-refractivity contribution in [2.24, 2.45) is 0 Å². The average molecular weight is 227 g/mol. The number of rotatable bonds is 7. The molecule has 0 aliphatic carbocycles. The first-order valence-corrected chi connectivity index (χ1v) is 6.44. The van der Waals surface area contributed by atoms with Gasteiger partial charge in [-0.3, -0.25) is 0 Å². The topological polar surface area (TPSA) is 21.3 Å². The van der Waals surface area contributed by atoms with Crippen LogP contribution in [0.5, 0.6) is 0 Å². The largest absolute Gasteiger partial charge is 0.383 e. The molecule has 0 fully saturated rings. The molecule has 1 aromatic rings. The van der Waals surface area contributed by atoms with Gasteiger partial charge < -0.3 is 10.1 Å². The first-order chi connectivity index (χ1) is 7.27. The molecule has 2 nitrogen and oxygen atoms in total. The lowest BCUT2D eigenvalue weighted by molar-refractivity contribution is 0.157. The SMILES string of the molecule is CCCC(COC)NC(C)c1cccs1. The van der Waals surface area contributed by atoms with Crippen molar-refractivity contribution in [2.45, 2.75) is 38.8 Å². The van der Waals surface area contributed by atoms with E-state index in [1.54, 1.807) is 18.4 Å². The molecule has 2 unspecified atom stereocenters. The quantitative estimate of drug-likeness (QED) is 0.772. The van der Waals surface area contributed by atoms with E-state index in [2.05, 4.69) is 36.7 Å². The molecule has 0 saturated heterocycles. The number of methoxy groups -OCH3 is 1. The van der Waals surface area contributed by atoms with Gasteiger partial charge in [0.05, 0.1) is 6.61 Å². The van der Waals surface area contributed by atoms with Crippen molar-refractivity contribution in [1.29, 1.82) is 0 Å². The van der Waals surface area contributed by atoms with E-state index in [4.69, 9.17) is 4.74 Å². The lowest BCUT2D eigenvalue weighted by Crippen LogP contribution is -2.34. The first-order valence-electron chi connectivity index (χ1n) is 5.56. The van der Waals surface area contributed by atoms with Crippen molar-refractivity contribution in [3.8, 4) is 0 Å². The van der Waals surface area contributed by atoms with E-state index >= 15 is 0 Å². The van der Waals surface area contributed by atoms with E-state index in [0.717, 1.165) is 6.61 Å². The van der Waals surface area contributed by atoms with Crippen molar-refractivity contribution in [3.63, 3.8) is 0 Å². The summed E-state index contributed by atoms with van der Waals surface area (Å²) in [5, 5.41) is 5.73. The fourth-order valence-corrected chi connectivity index (χ4v) is 2.48. The zero-order valence-electron chi connectivity index (χ0n) is 9.82. The van der Waals surface area contributed by atoms with E-state index in [1.165, 1.54) is 17.7 Å². The van der Waals surface area contributed by atoms with E-state index in [-0.39, 0.29) is 0 Å². The second-order valence-electron chi connectivity index (χ2n) is 3.84. The Morgan fingerprint density at radius 1 is 1.53 bits per heavy atom. The van der Waals surface area contributed by atoms with Gasteiger partial charge in [0.1, 0.15) is 0 Å². The highest BCUT2D eigenvalue weighted by atomic mass is 32.1. The Morgan fingerprint density at radius 2 is 2.33 bits per heavy atom. The van der Waals surface area contributed by atoms with Gasteiger partial charge in [0, 0.05) is 24.1 Å². The molecule has 0 radical (unpaired) electrons. The minimum Gasteiger partial charge on any atom is -0.383 e. The van der Waals surface area contributed by atoms with Crippen LogP contribution in [0, 0.1) is 0 Å². The van der Waals surface area contributed by atoms with Crippen LogP contribution in [-0.2, 0) is 4.74 Å². The summed E-state index contributed by atoms with van der Waals surface area (Å²) in [5.74, 6) is 0. The van der Waals surface area contributed by atoms with Crippen LogP contribution in [-0.4, -0.2) is 19.8 Å². The Labute approximate surface area is 96.7 Å². The normalized spacial score (nSPS) is 15.1. The molecular weight excluding hydrogens is 206 g/mol. The third kappa shape index (κ3) is 4.33. The molecule has 0 bridgehead atoms. The number of ether oxygens (including phenoxy) is 1. The molecule has 2 atom stereocenters. The molecule has 0 aromatic carbocycles. The molecule has 0 saturated carbocycles. The molecule has 0 aliphatic rings. The molecule has 0 aliphatic heterocycles. The van der Waals surface area contributed by atoms with Crippen LogP contribution < -0.4 is 5.32 Å². The number of nitrogens with one attached hydrogen (secondary N) is 1. The molecule has 1 N–H and O–H groups in total. The Bertz CT molecular complexity index is 242. The van der Waals surface area contributed by atoms with Crippen molar-refractivity contribution in [2.75, 3.05) is 13.7 Å². The number of hydrogen-bond acceptors (Lipinski definition) is 3. The molecular formula is C12H21NOS. The predicted molar refractivity (Wildman–Crippen MR) is 66.4 cm³/mol. The maximum atomic E-state index is 5.22. The highest BCUT2D eigenvalue weighted by Crippen LogP contribution is 2.19. The van der Waals surface area contributed by atoms with Gasteiger partial charge in [-0.1, -0.05) is 19.4 Å². The fraction of sp³-hybridized carbons (Fsp3) is 0.667. The zero-order valence-corrected chi connectivity index (χ0v) is 10.6. The maximum Gasteiger partial charge on any atom is 0.0616 e. The lowest BCUT2D eigenvalue weighted by Gasteiger charge is -2.21. The summed E-state index contributed by atoms with van der Waals surface area (Å²) in [7, 11) is 1.76. The van der Waals surface area contributed by atoms with Crippen LogP contribution in [0.2, 0.25) is 0 Å². The summed E-state index contributed by atoms with van der Waals surface area (Å²) in [6.45, 7) is 5.22. The first kappa shape index (κ1) is 12.7. The van der Waals surface area contributed by atoms with Crippen molar-refractivity contribution >= 4 is 11.3 Å². The Kier molecular flexibility index (Phi) is 5.91. The summed E-state index contributed by atoms with van der Waals surface area (Å²) in [6, 6.07) is 5.18. The monoisotopic (exact) mass is 227 g/mol. The maximum absolute atomic E-state index is 5.22. The van der Waals surface area contributed by atoms with Gasteiger partial charge in [-0.2, -0.15) is 0 Å². The highest BCUT2D eigenvalue weighted by molar-refractivity contribution is 7.10. The summed E-state index contributed by atoms with van der Waals surface area (Å²) >= 11 is 1.81. The van der Waals surface area contributed by atoms with Gasteiger partial charge >= 0.3 is 0 Å². The minimum absolute atomic E-state index is 0.427. The second-order valence-corrected chi connectivity index (χ2v) is 4.82. The molecule has 0 spiro atoms. The van der Waals surface area contributed by atoms with Gasteiger partial charge in [0.25, 0.3) is 0 Å². The van der Waals surface area contributed by atoms with Crippen LogP contribution in [0.15, 0.2) is 17.5 Å². The molecule has 86 valence electrons. The molecule has 15 heavy (non-hydrogen) atoms. The Hall–Kier alpha value is -0.380. The van der Waals surface area contributed by atoms with Crippen LogP contribution in [0.3, 0.4) is 0 Å². The smallest absolute Gasteiger partial charge is 0.0616 e. The van der Waals surface area contributed by atoms with Crippen molar-refractivity contribution in [3.05, 3.63) is 22.4 Å². The summed E-state index contributed by atoms with van der Waals surface area (Å²) in [6.07, 6.45) is 2.36. The van der Waals surface area contributed by atoms with Crippen LogP contribution in [0.25, 0.3) is 0 Å². The van der Waals surface area contributed by atoms with E-state index < -0.39 is 0 Å². The third-order valence-electron chi connectivity index (χ3n) is 2.46. The average Bonchev–Trinajstić information content (AvgIpc) is 2.71. The number of thiophene rings is 1. The van der Waals surface area contributed by atoms with E-state index in [9.17, 15) is 0 Å². The summed E-state index contributed by atoms with van der Waals surface area (Å²) < 4.78 is 5.22. The lowest BCUT2D eigenvalue weighted by atomic mass is 10.1. The van der Waals surface area contributed by atoms with Gasteiger partial charge in [0.2, 0.25) is 0 Å². The third-order valence-corrected chi connectivity index (χ3v) is 3.52. The second kappa shape index (κ2) is 6.99. The predicted octanol–water partition coefficient (Wildman–Crippen LogP) is 3.21. The van der Waals surface area contributed by atoms with Crippen molar-refractivity contribution < 1.29 is 4.74 Å². The van der Waals surface area contributed by atoms with Gasteiger partial charge in [-0.15, -0.1) is 11.3 Å². The van der Waals surface area contributed by atoms with Gasteiger partial charge in [-0.25, -0.2) is 0 Å². The summed E-state index contributed by atoms with van der Waals surface area (Å²) in [4.78, 5) is 1.40. The minimum atomic E-state index is 0.427. The van der Waals surface area contributed by atoms with Gasteiger partial charge in [0.15, 0.2) is 0 Å². The van der Waals surface area contributed by atoms with E-state index in [1.807, 2.05) is 0 Å².